The Hall–Kier alpha value is -1.68. The zero-order chi connectivity index (χ0) is 13.8. The zero-order valence-electron chi connectivity index (χ0n) is 10.9. The van der Waals surface area contributed by atoms with Gasteiger partial charge in [0.05, 0.1) is 6.42 Å². The highest BCUT2D eigenvalue weighted by Gasteiger charge is 2.07. The van der Waals surface area contributed by atoms with Crippen molar-refractivity contribution in [3.05, 3.63) is 57.7 Å². The number of nitrogens with zero attached hydrogens (tertiary/aromatic N) is 1. The summed E-state index contributed by atoms with van der Waals surface area (Å²) in [5.41, 5.74) is 3.10. The smallest absolute Gasteiger partial charge is 0.229 e. The van der Waals surface area contributed by atoms with E-state index in [4.69, 9.17) is 0 Å². The van der Waals surface area contributed by atoms with Crippen LogP contribution in [0.3, 0.4) is 0 Å². The first-order valence-corrected chi connectivity index (χ1v) is 6.81. The lowest BCUT2D eigenvalue weighted by Crippen LogP contribution is -2.16. The van der Waals surface area contributed by atoms with Crippen molar-refractivity contribution in [2.45, 2.75) is 20.3 Å². The van der Waals surface area contributed by atoms with Gasteiger partial charge in [0, 0.05) is 10.7 Å². The molecule has 0 aliphatic rings. The summed E-state index contributed by atoms with van der Waals surface area (Å²) < 4.78 is 0.904. The standard InChI is InChI=1S/C15H15BrN2O/c1-10-4-3-5-12(6-10)8-14(19)18-15-11(2)7-13(16)9-17-15/h3-7,9H,8H2,1-2H3,(H,17,18,19). The fraction of sp³-hybridized carbons (Fsp3) is 0.200. The molecule has 19 heavy (non-hydrogen) atoms. The van der Waals surface area contributed by atoms with Crippen molar-refractivity contribution in [1.82, 2.24) is 4.98 Å². The number of hydrogen-bond donors (Lipinski definition) is 1. The molecule has 0 radical (unpaired) electrons. The number of nitrogens with one attached hydrogen (secondary N) is 1. The molecule has 0 bridgehead atoms. The van der Waals surface area contributed by atoms with Crippen molar-refractivity contribution in [1.29, 1.82) is 0 Å². The van der Waals surface area contributed by atoms with Crippen molar-refractivity contribution < 1.29 is 4.79 Å². The van der Waals surface area contributed by atoms with Gasteiger partial charge in [0.2, 0.25) is 5.91 Å². The number of rotatable bonds is 3. The zero-order valence-corrected chi connectivity index (χ0v) is 12.5. The molecule has 1 heterocycles. The second-order valence-electron chi connectivity index (χ2n) is 4.53. The van der Waals surface area contributed by atoms with Crippen LogP contribution in [0.2, 0.25) is 0 Å². The minimum Gasteiger partial charge on any atom is -0.310 e. The summed E-state index contributed by atoms with van der Waals surface area (Å²) in [7, 11) is 0. The lowest BCUT2D eigenvalue weighted by atomic mass is 10.1. The lowest BCUT2D eigenvalue weighted by Gasteiger charge is -2.08. The van der Waals surface area contributed by atoms with Gasteiger partial charge in [-0.1, -0.05) is 29.8 Å². The maximum atomic E-state index is 12.0. The van der Waals surface area contributed by atoms with Crippen LogP contribution in [-0.4, -0.2) is 10.9 Å². The van der Waals surface area contributed by atoms with Gasteiger partial charge in [-0.05, 0) is 47.0 Å². The van der Waals surface area contributed by atoms with Crippen LogP contribution in [-0.2, 0) is 11.2 Å². The molecule has 3 nitrogen and oxygen atoms in total. The summed E-state index contributed by atoms with van der Waals surface area (Å²) in [5, 5.41) is 2.83. The van der Waals surface area contributed by atoms with Crippen molar-refractivity contribution in [2.24, 2.45) is 0 Å². The molecule has 1 N–H and O–H groups in total. The van der Waals surface area contributed by atoms with Crippen molar-refractivity contribution in [3.63, 3.8) is 0 Å². The minimum absolute atomic E-state index is 0.0523. The second-order valence-corrected chi connectivity index (χ2v) is 5.45. The molecule has 0 spiro atoms. The van der Waals surface area contributed by atoms with E-state index in [0.717, 1.165) is 21.2 Å². The van der Waals surface area contributed by atoms with E-state index in [-0.39, 0.29) is 5.91 Å². The van der Waals surface area contributed by atoms with Gasteiger partial charge in [-0.15, -0.1) is 0 Å². The summed E-state index contributed by atoms with van der Waals surface area (Å²) in [5.74, 6) is 0.560. The highest BCUT2D eigenvalue weighted by atomic mass is 79.9. The van der Waals surface area contributed by atoms with Crippen molar-refractivity contribution >= 4 is 27.7 Å². The first kappa shape index (κ1) is 13.7. The van der Waals surface area contributed by atoms with Crippen LogP contribution < -0.4 is 5.32 Å². The Labute approximate surface area is 121 Å². The Morgan fingerprint density at radius 1 is 1.32 bits per heavy atom. The van der Waals surface area contributed by atoms with Crippen LogP contribution in [0, 0.1) is 13.8 Å². The average Bonchev–Trinajstić information content (AvgIpc) is 2.33. The molecule has 1 aromatic carbocycles. The normalized spacial score (nSPS) is 10.3. The third-order valence-corrected chi connectivity index (χ3v) is 3.18. The predicted octanol–water partition coefficient (Wildman–Crippen LogP) is 3.64. The molecule has 0 fully saturated rings. The molecule has 0 aliphatic carbocycles. The Morgan fingerprint density at radius 2 is 2.11 bits per heavy atom. The molecule has 0 saturated carbocycles. The Morgan fingerprint density at radius 3 is 2.79 bits per heavy atom. The Bertz CT molecular complexity index is 611. The highest BCUT2D eigenvalue weighted by Crippen LogP contribution is 2.17. The minimum atomic E-state index is -0.0523. The molecule has 0 aliphatic heterocycles. The van der Waals surface area contributed by atoms with Gasteiger partial charge >= 0.3 is 0 Å². The second kappa shape index (κ2) is 5.97. The largest absolute Gasteiger partial charge is 0.310 e. The van der Waals surface area contributed by atoms with Gasteiger partial charge in [-0.3, -0.25) is 4.79 Å². The number of carbonyl (C=O) groups is 1. The number of halogens is 1. The van der Waals surface area contributed by atoms with Gasteiger partial charge < -0.3 is 5.32 Å². The average molecular weight is 319 g/mol. The third-order valence-electron chi connectivity index (χ3n) is 2.75. The molecule has 2 aromatic rings. The number of benzene rings is 1. The SMILES string of the molecule is Cc1cccc(CC(=O)Nc2ncc(Br)cc2C)c1. The molecule has 4 heteroatoms. The summed E-state index contributed by atoms with van der Waals surface area (Å²) >= 11 is 3.35. The number of pyridine rings is 1. The number of carbonyl (C=O) groups excluding carboxylic acids is 1. The van der Waals surface area contributed by atoms with Crippen LogP contribution in [0.1, 0.15) is 16.7 Å². The topological polar surface area (TPSA) is 42.0 Å². The van der Waals surface area contributed by atoms with Crippen LogP contribution in [0.4, 0.5) is 5.82 Å². The molecule has 98 valence electrons. The summed E-state index contributed by atoms with van der Waals surface area (Å²) in [6.07, 6.45) is 2.04. The first-order valence-electron chi connectivity index (χ1n) is 6.02. The van der Waals surface area contributed by atoms with Gasteiger partial charge in [0.15, 0.2) is 0 Å². The van der Waals surface area contributed by atoms with Crippen LogP contribution in [0.25, 0.3) is 0 Å². The van der Waals surface area contributed by atoms with E-state index in [1.54, 1.807) is 6.20 Å². The number of hydrogen-bond acceptors (Lipinski definition) is 2. The van der Waals surface area contributed by atoms with E-state index in [0.29, 0.717) is 12.2 Å². The predicted molar refractivity (Wildman–Crippen MR) is 80.2 cm³/mol. The van der Waals surface area contributed by atoms with E-state index in [9.17, 15) is 4.79 Å². The number of aromatic nitrogens is 1. The first-order chi connectivity index (χ1) is 9.04. The summed E-state index contributed by atoms with van der Waals surface area (Å²) in [4.78, 5) is 16.2. The molecule has 0 unspecified atom stereocenters. The van der Waals surface area contributed by atoms with E-state index in [1.807, 2.05) is 44.2 Å². The number of aryl methyl sites for hydroxylation is 2. The molecule has 2 rings (SSSR count). The summed E-state index contributed by atoms with van der Waals surface area (Å²) in [6, 6.07) is 9.87. The molecule has 0 saturated heterocycles. The third kappa shape index (κ3) is 3.89. The fourth-order valence-corrected chi connectivity index (χ4v) is 2.30. The molecular formula is C15H15BrN2O. The Kier molecular flexibility index (Phi) is 4.32. The lowest BCUT2D eigenvalue weighted by molar-refractivity contribution is -0.115. The maximum Gasteiger partial charge on any atom is 0.229 e. The molecular weight excluding hydrogens is 304 g/mol. The van der Waals surface area contributed by atoms with E-state index in [2.05, 4.69) is 26.2 Å². The van der Waals surface area contributed by atoms with E-state index in [1.165, 1.54) is 0 Å². The van der Waals surface area contributed by atoms with Crippen LogP contribution in [0.5, 0.6) is 0 Å². The van der Waals surface area contributed by atoms with Crippen LogP contribution >= 0.6 is 15.9 Å². The molecule has 1 amide bonds. The molecule has 1 aromatic heterocycles. The fourth-order valence-electron chi connectivity index (χ4n) is 1.86. The number of anilines is 1. The quantitative estimate of drug-likeness (QED) is 0.938. The van der Waals surface area contributed by atoms with Gasteiger partial charge in [-0.25, -0.2) is 4.98 Å². The molecule has 0 atom stereocenters. The van der Waals surface area contributed by atoms with Crippen molar-refractivity contribution in [3.8, 4) is 0 Å². The van der Waals surface area contributed by atoms with Gasteiger partial charge in [0.25, 0.3) is 0 Å². The van der Waals surface area contributed by atoms with E-state index < -0.39 is 0 Å². The number of amides is 1. The monoisotopic (exact) mass is 318 g/mol. The summed E-state index contributed by atoms with van der Waals surface area (Å²) in [6.45, 7) is 3.93. The van der Waals surface area contributed by atoms with Crippen molar-refractivity contribution in [2.75, 3.05) is 5.32 Å². The van der Waals surface area contributed by atoms with Crippen LogP contribution in [0.15, 0.2) is 41.0 Å². The van der Waals surface area contributed by atoms with Gasteiger partial charge in [-0.2, -0.15) is 0 Å². The van der Waals surface area contributed by atoms with E-state index >= 15 is 0 Å². The highest BCUT2D eigenvalue weighted by molar-refractivity contribution is 9.10. The maximum absolute atomic E-state index is 12.0. The Balaban J connectivity index is 2.05. The van der Waals surface area contributed by atoms with Gasteiger partial charge in [0.1, 0.15) is 5.82 Å².